The average Bonchev–Trinajstić information content (AvgIpc) is 2.37. The van der Waals surface area contributed by atoms with Crippen LogP contribution in [0.2, 0.25) is 0 Å². The van der Waals surface area contributed by atoms with Gasteiger partial charge in [0.2, 0.25) is 0 Å². The van der Waals surface area contributed by atoms with E-state index < -0.39 is 0 Å². The van der Waals surface area contributed by atoms with Gasteiger partial charge in [-0.15, -0.1) is 0 Å². The minimum atomic E-state index is 0.216. The molecule has 0 saturated heterocycles. The summed E-state index contributed by atoms with van der Waals surface area (Å²) in [6, 6.07) is 18.9. The van der Waals surface area contributed by atoms with Crippen LogP contribution in [-0.4, -0.2) is 11.7 Å². The first kappa shape index (κ1) is 11.9. The van der Waals surface area contributed by atoms with Crippen LogP contribution in [0.1, 0.15) is 29.0 Å². The Morgan fingerprint density at radius 3 is 2.29 bits per heavy atom. The number of hydrogen-bond acceptors (Lipinski definition) is 1. The third-order valence-electron chi connectivity index (χ3n) is 3.06. The molecule has 0 bridgehead atoms. The van der Waals surface area contributed by atoms with E-state index in [0.717, 1.165) is 6.42 Å². The van der Waals surface area contributed by atoms with Crippen LogP contribution in [0.5, 0.6) is 0 Å². The van der Waals surface area contributed by atoms with Crippen molar-refractivity contribution < 1.29 is 5.11 Å². The lowest BCUT2D eigenvalue weighted by molar-refractivity contribution is 0.281. The Hall–Kier alpha value is -1.60. The smallest absolute Gasteiger partial charge is 0.0440 e. The zero-order valence-electron chi connectivity index (χ0n) is 10.1. The van der Waals surface area contributed by atoms with Crippen molar-refractivity contribution in [2.45, 2.75) is 19.3 Å². The number of aliphatic hydroxyl groups excluding tert-OH is 1. The Labute approximate surface area is 103 Å². The van der Waals surface area contributed by atoms with Crippen LogP contribution in [0.25, 0.3) is 0 Å². The van der Waals surface area contributed by atoms with E-state index in [1.165, 1.54) is 16.7 Å². The van der Waals surface area contributed by atoms with E-state index in [-0.39, 0.29) is 6.61 Å². The van der Waals surface area contributed by atoms with E-state index in [1.807, 2.05) is 6.07 Å². The fourth-order valence-corrected chi connectivity index (χ4v) is 2.23. The lowest BCUT2D eigenvalue weighted by Crippen LogP contribution is -2.03. The second kappa shape index (κ2) is 5.65. The highest BCUT2D eigenvalue weighted by molar-refractivity contribution is 5.34. The lowest BCUT2D eigenvalue weighted by Gasteiger charge is -2.17. The van der Waals surface area contributed by atoms with Gasteiger partial charge in [-0.05, 0) is 24.5 Å². The van der Waals surface area contributed by atoms with Crippen LogP contribution in [0.15, 0.2) is 54.6 Å². The molecule has 0 aliphatic rings. The van der Waals surface area contributed by atoms with Crippen LogP contribution in [0, 0.1) is 6.92 Å². The molecule has 2 aromatic carbocycles. The highest BCUT2D eigenvalue weighted by Gasteiger charge is 2.13. The van der Waals surface area contributed by atoms with E-state index in [2.05, 4.69) is 55.5 Å². The molecule has 1 heteroatoms. The van der Waals surface area contributed by atoms with E-state index in [1.54, 1.807) is 0 Å². The molecule has 1 unspecified atom stereocenters. The van der Waals surface area contributed by atoms with Crippen LogP contribution < -0.4 is 0 Å². The summed E-state index contributed by atoms with van der Waals surface area (Å²) in [6.07, 6.45) is 0.771. The molecular formula is C16H18O. The molecule has 1 nitrogen and oxygen atoms in total. The fraction of sp³-hybridized carbons (Fsp3) is 0.250. The number of hydrogen-bond donors (Lipinski definition) is 1. The summed E-state index contributed by atoms with van der Waals surface area (Å²) in [5.74, 6) is 0.293. The molecule has 17 heavy (non-hydrogen) atoms. The van der Waals surface area contributed by atoms with Gasteiger partial charge in [0.05, 0.1) is 0 Å². The highest BCUT2D eigenvalue weighted by Crippen LogP contribution is 2.27. The fourth-order valence-electron chi connectivity index (χ4n) is 2.23. The number of rotatable bonds is 4. The molecule has 0 fully saturated rings. The predicted octanol–water partition coefficient (Wildman–Crippen LogP) is 3.51. The summed E-state index contributed by atoms with van der Waals surface area (Å²) in [7, 11) is 0. The summed E-state index contributed by atoms with van der Waals surface area (Å²) in [5.41, 5.74) is 3.82. The molecule has 88 valence electrons. The highest BCUT2D eigenvalue weighted by atomic mass is 16.3. The van der Waals surface area contributed by atoms with E-state index in [0.29, 0.717) is 5.92 Å². The second-order valence-corrected chi connectivity index (χ2v) is 4.39. The molecule has 0 amide bonds. The molecule has 0 saturated carbocycles. The van der Waals surface area contributed by atoms with Gasteiger partial charge in [0, 0.05) is 12.5 Å². The summed E-state index contributed by atoms with van der Waals surface area (Å²) in [6.45, 7) is 2.32. The van der Waals surface area contributed by atoms with Gasteiger partial charge in [0.1, 0.15) is 0 Å². The third kappa shape index (κ3) is 2.95. The summed E-state index contributed by atoms with van der Waals surface area (Å²) in [5, 5.41) is 9.23. The van der Waals surface area contributed by atoms with E-state index >= 15 is 0 Å². The molecule has 0 aliphatic carbocycles. The van der Waals surface area contributed by atoms with E-state index in [4.69, 9.17) is 0 Å². The lowest BCUT2D eigenvalue weighted by atomic mass is 9.88. The van der Waals surface area contributed by atoms with Crippen LogP contribution in [0.4, 0.5) is 0 Å². The van der Waals surface area contributed by atoms with Crippen molar-refractivity contribution >= 4 is 0 Å². The SMILES string of the molecule is Cc1cccc(C(CCO)c2ccccc2)c1. The second-order valence-electron chi connectivity index (χ2n) is 4.39. The monoisotopic (exact) mass is 226 g/mol. The topological polar surface area (TPSA) is 20.2 Å². The molecule has 1 N–H and O–H groups in total. The summed E-state index contributed by atoms with van der Waals surface area (Å²) in [4.78, 5) is 0. The van der Waals surface area contributed by atoms with Gasteiger partial charge in [0.15, 0.2) is 0 Å². The Bertz CT molecular complexity index is 462. The van der Waals surface area contributed by atoms with Crippen molar-refractivity contribution in [3.05, 3.63) is 71.3 Å². The minimum absolute atomic E-state index is 0.216. The zero-order chi connectivity index (χ0) is 12.1. The zero-order valence-corrected chi connectivity index (χ0v) is 10.1. The maximum Gasteiger partial charge on any atom is 0.0440 e. The molecular weight excluding hydrogens is 208 g/mol. The van der Waals surface area contributed by atoms with Crippen molar-refractivity contribution in [2.24, 2.45) is 0 Å². The number of aliphatic hydroxyl groups is 1. The molecule has 0 aliphatic heterocycles. The average molecular weight is 226 g/mol. The molecule has 2 rings (SSSR count). The molecule has 0 radical (unpaired) electrons. The molecule has 1 atom stereocenters. The molecule has 0 spiro atoms. The molecule has 0 aromatic heterocycles. The van der Waals surface area contributed by atoms with Crippen molar-refractivity contribution in [3.8, 4) is 0 Å². The standard InChI is InChI=1S/C16H18O/c1-13-6-5-9-15(12-13)16(10-11-17)14-7-3-2-4-8-14/h2-9,12,16-17H,10-11H2,1H3. The Balaban J connectivity index is 2.35. The predicted molar refractivity (Wildman–Crippen MR) is 71.2 cm³/mol. The first-order chi connectivity index (χ1) is 8.31. The van der Waals surface area contributed by atoms with Gasteiger partial charge in [-0.1, -0.05) is 60.2 Å². The first-order valence-electron chi connectivity index (χ1n) is 6.03. The first-order valence-corrected chi connectivity index (χ1v) is 6.03. The van der Waals surface area contributed by atoms with Crippen molar-refractivity contribution in [1.82, 2.24) is 0 Å². The molecule has 2 aromatic rings. The van der Waals surface area contributed by atoms with Crippen molar-refractivity contribution in [1.29, 1.82) is 0 Å². The minimum Gasteiger partial charge on any atom is -0.396 e. The maximum atomic E-state index is 9.23. The normalized spacial score (nSPS) is 12.4. The van der Waals surface area contributed by atoms with Crippen LogP contribution in [-0.2, 0) is 0 Å². The van der Waals surface area contributed by atoms with Gasteiger partial charge in [-0.3, -0.25) is 0 Å². The number of benzene rings is 2. The van der Waals surface area contributed by atoms with Gasteiger partial charge < -0.3 is 5.11 Å². The van der Waals surface area contributed by atoms with Gasteiger partial charge in [0.25, 0.3) is 0 Å². The van der Waals surface area contributed by atoms with Crippen molar-refractivity contribution in [3.63, 3.8) is 0 Å². The Morgan fingerprint density at radius 1 is 0.941 bits per heavy atom. The Morgan fingerprint density at radius 2 is 1.65 bits per heavy atom. The number of aryl methyl sites for hydroxylation is 1. The Kier molecular flexibility index (Phi) is 3.94. The van der Waals surface area contributed by atoms with Crippen molar-refractivity contribution in [2.75, 3.05) is 6.61 Å². The van der Waals surface area contributed by atoms with Gasteiger partial charge in [-0.2, -0.15) is 0 Å². The third-order valence-corrected chi connectivity index (χ3v) is 3.06. The van der Waals surface area contributed by atoms with Crippen LogP contribution >= 0.6 is 0 Å². The molecule has 0 heterocycles. The van der Waals surface area contributed by atoms with Crippen LogP contribution in [0.3, 0.4) is 0 Å². The summed E-state index contributed by atoms with van der Waals surface area (Å²) >= 11 is 0. The quantitative estimate of drug-likeness (QED) is 0.845. The summed E-state index contributed by atoms with van der Waals surface area (Å²) < 4.78 is 0. The maximum absolute atomic E-state index is 9.23. The van der Waals surface area contributed by atoms with Gasteiger partial charge >= 0.3 is 0 Å². The van der Waals surface area contributed by atoms with Gasteiger partial charge in [-0.25, -0.2) is 0 Å². The largest absolute Gasteiger partial charge is 0.396 e. The van der Waals surface area contributed by atoms with E-state index in [9.17, 15) is 5.11 Å².